The number of nitriles is 1. The summed E-state index contributed by atoms with van der Waals surface area (Å²) in [5.74, 6) is -2.30. The molecule has 1 aromatic heterocycles. The molecular formula is C12H7BrF2N4O. The van der Waals surface area contributed by atoms with E-state index in [1.807, 2.05) is 0 Å². The molecule has 2 rings (SSSR count). The smallest absolute Gasteiger partial charge is 0.271 e. The Labute approximate surface area is 120 Å². The molecule has 0 saturated heterocycles. The summed E-state index contributed by atoms with van der Waals surface area (Å²) in [4.78, 5) is 11.9. The average Bonchev–Trinajstić information content (AvgIpc) is 2.83. The van der Waals surface area contributed by atoms with E-state index in [4.69, 9.17) is 5.26 Å². The normalized spacial score (nSPS) is 11.7. The number of halogens is 3. The lowest BCUT2D eigenvalue weighted by atomic mass is 10.1. The third kappa shape index (κ3) is 2.83. The van der Waals surface area contributed by atoms with Crippen molar-refractivity contribution < 1.29 is 13.6 Å². The molecule has 2 aromatic rings. The van der Waals surface area contributed by atoms with Gasteiger partial charge in [-0.25, -0.2) is 8.78 Å². The van der Waals surface area contributed by atoms with E-state index >= 15 is 0 Å². The first-order valence-electron chi connectivity index (χ1n) is 5.37. The summed E-state index contributed by atoms with van der Waals surface area (Å²) in [6.07, 6.45) is 1.37. The lowest BCUT2D eigenvalue weighted by Crippen LogP contribution is -2.28. The minimum absolute atomic E-state index is 0.104. The van der Waals surface area contributed by atoms with Crippen LogP contribution < -0.4 is 5.32 Å². The summed E-state index contributed by atoms with van der Waals surface area (Å²) in [6.45, 7) is 0. The summed E-state index contributed by atoms with van der Waals surface area (Å²) in [6, 6.07) is 3.29. The van der Waals surface area contributed by atoms with Crippen LogP contribution in [0.4, 0.5) is 8.78 Å². The maximum absolute atomic E-state index is 13.6. The number of rotatable bonds is 3. The van der Waals surface area contributed by atoms with Crippen LogP contribution in [-0.4, -0.2) is 16.1 Å². The second kappa shape index (κ2) is 5.79. The van der Waals surface area contributed by atoms with Crippen molar-refractivity contribution in [3.63, 3.8) is 0 Å². The second-order valence-electron chi connectivity index (χ2n) is 3.79. The first-order chi connectivity index (χ1) is 9.52. The number of nitrogens with zero attached hydrogens (tertiary/aromatic N) is 2. The van der Waals surface area contributed by atoms with Crippen LogP contribution in [0.5, 0.6) is 0 Å². The van der Waals surface area contributed by atoms with Gasteiger partial charge in [0.25, 0.3) is 5.91 Å². The van der Waals surface area contributed by atoms with Crippen molar-refractivity contribution in [2.75, 3.05) is 0 Å². The van der Waals surface area contributed by atoms with Crippen LogP contribution >= 0.6 is 15.9 Å². The molecule has 1 amide bonds. The molecular weight excluding hydrogens is 334 g/mol. The minimum Gasteiger partial charge on any atom is -0.331 e. The van der Waals surface area contributed by atoms with E-state index in [2.05, 4.69) is 31.4 Å². The topological polar surface area (TPSA) is 81.6 Å². The number of nitrogens with one attached hydrogen (secondary N) is 2. The van der Waals surface area contributed by atoms with E-state index in [9.17, 15) is 13.6 Å². The van der Waals surface area contributed by atoms with Crippen LogP contribution in [0.3, 0.4) is 0 Å². The molecule has 0 radical (unpaired) electrons. The first-order valence-corrected chi connectivity index (χ1v) is 6.16. The van der Waals surface area contributed by atoms with Crippen LogP contribution in [0.25, 0.3) is 0 Å². The molecule has 1 heterocycles. The van der Waals surface area contributed by atoms with E-state index in [1.54, 1.807) is 6.07 Å². The van der Waals surface area contributed by atoms with Gasteiger partial charge in [-0.15, -0.1) is 0 Å². The first kappa shape index (κ1) is 14.1. The molecule has 8 heteroatoms. The number of amides is 1. The molecule has 0 aliphatic carbocycles. The standard InChI is InChI=1S/C12H7BrF2N4O/c13-8-5-17-19-11(8)12(20)18-10(4-16)7-2-1-6(14)3-9(7)15/h1-3,5,10H,(H,17,19)(H,18,20)/t10-/m1/s1. The molecule has 102 valence electrons. The van der Waals surface area contributed by atoms with Crippen LogP contribution in [0, 0.1) is 23.0 Å². The van der Waals surface area contributed by atoms with Crippen molar-refractivity contribution in [2.24, 2.45) is 0 Å². The van der Waals surface area contributed by atoms with Crippen molar-refractivity contribution in [3.05, 3.63) is 51.8 Å². The Bertz CT molecular complexity index is 695. The van der Waals surface area contributed by atoms with E-state index in [1.165, 1.54) is 6.20 Å². The third-order valence-electron chi connectivity index (χ3n) is 2.50. The number of H-pyrrole nitrogens is 1. The van der Waals surface area contributed by atoms with Gasteiger partial charge < -0.3 is 5.32 Å². The summed E-state index contributed by atoms with van der Waals surface area (Å²) in [7, 11) is 0. The van der Waals surface area contributed by atoms with Gasteiger partial charge in [0.15, 0.2) is 0 Å². The van der Waals surface area contributed by atoms with Gasteiger partial charge >= 0.3 is 0 Å². The van der Waals surface area contributed by atoms with Crippen LogP contribution in [0.1, 0.15) is 22.1 Å². The second-order valence-corrected chi connectivity index (χ2v) is 4.65. The number of aromatic amines is 1. The van der Waals surface area contributed by atoms with Crippen molar-refractivity contribution in [3.8, 4) is 6.07 Å². The van der Waals surface area contributed by atoms with Gasteiger partial charge in [0.2, 0.25) is 0 Å². The summed E-state index contributed by atoms with van der Waals surface area (Å²) >= 11 is 3.10. The Hall–Kier alpha value is -2.27. The Balaban J connectivity index is 2.24. The molecule has 0 saturated carbocycles. The zero-order valence-corrected chi connectivity index (χ0v) is 11.4. The monoisotopic (exact) mass is 340 g/mol. The molecule has 1 atom stereocenters. The van der Waals surface area contributed by atoms with Crippen molar-refractivity contribution in [2.45, 2.75) is 6.04 Å². The van der Waals surface area contributed by atoms with E-state index in [0.29, 0.717) is 10.5 Å². The molecule has 2 N–H and O–H groups in total. The Morgan fingerprint density at radius 2 is 2.25 bits per heavy atom. The van der Waals surface area contributed by atoms with E-state index < -0.39 is 23.6 Å². The maximum atomic E-state index is 13.6. The zero-order chi connectivity index (χ0) is 14.7. The molecule has 0 aliphatic heterocycles. The van der Waals surface area contributed by atoms with Gasteiger partial charge in [0.1, 0.15) is 23.4 Å². The van der Waals surface area contributed by atoms with Crippen LogP contribution in [0.2, 0.25) is 0 Å². The zero-order valence-electron chi connectivity index (χ0n) is 9.82. The SMILES string of the molecule is N#C[C@@H](NC(=O)c1[nH]ncc1Br)c1ccc(F)cc1F. The van der Waals surface area contributed by atoms with Gasteiger partial charge in [-0.1, -0.05) is 6.07 Å². The van der Waals surface area contributed by atoms with Gasteiger partial charge in [0, 0.05) is 11.6 Å². The fourth-order valence-electron chi connectivity index (χ4n) is 1.55. The van der Waals surface area contributed by atoms with Crippen molar-refractivity contribution in [1.29, 1.82) is 5.26 Å². The molecule has 5 nitrogen and oxygen atoms in total. The number of hydrogen-bond donors (Lipinski definition) is 2. The third-order valence-corrected chi connectivity index (χ3v) is 3.10. The highest BCUT2D eigenvalue weighted by Gasteiger charge is 2.21. The van der Waals surface area contributed by atoms with Crippen LogP contribution in [-0.2, 0) is 0 Å². The minimum atomic E-state index is -1.24. The number of benzene rings is 1. The average molecular weight is 341 g/mol. The van der Waals surface area contributed by atoms with E-state index in [-0.39, 0.29) is 11.3 Å². The molecule has 0 unspecified atom stereocenters. The predicted octanol–water partition coefficient (Wildman–Crippen LogP) is 2.45. The largest absolute Gasteiger partial charge is 0.331 e. The molecule has 20 heavy (non-hydrogen) atoms. The Kier molecular flexibility index (Phi) is 4.10. The lowest BCUT2D eigenvalue weighted by Gasteiger charge is -2.12. The Morgan fingerprint density at radius 3 is 2.80 bits per heavy atom. The Morgan fingerprint density at radius 1 is 1.50 bits per heavy atom. The number of carbonyl (C=O) groups is 1. The van der Waals surface area contributed by atoms with Crippen molar-refractivity contribution >= 4 is 21.8 Å². The summed E-state index contributed by atoms with van der Waals surface area (Å²) < 4.78 is 26.8. The predicted molar refractivity (Wildman–Crippen MR) is 68.5 cm³/mol. The van der Waals surface area contributed by atoms with Gasteiger partial charge in [-0.2, -0.15) is 10.4 Å². The molecule has 0 bridgehead atoms. The van der Waals surface area contributed by atoms with Gasteiger partial charge in [0.05, 0.1) is 16.7 Å². The molecule has 0 aliphatic rings. The quantitative estimate of drug-likeness (QED) is 0.900. The molecule has 0 spiro atoms. The van der Waals surface area contributed by atoms with Gasteiger partial charge in [-0.3, -0.25) is 9.89 Å². The van der Waals surface area contributed by atoms with Crippen molar-refractivity contribution in [1.82, 2.24) is 15.5 Å². The van der Waals surface area contributed by atoms with Gasteiger partial charge in [-0.05, 0) is 22.0 Å². The highest BCUT2D eigenvalue weighted by Crippen LogP contribution is 2.19. The number of hydrogen-bond acceptors (Lipinski definition) is 3. The van der Waals surface area contributed by atoms with E-state index in [0.717, 1.165) is 12.1 Å². The molecule has 1 aromatic carbocycles. The summed E-state index contributed by atoms with van der Waals surface area (Å²) in [5.41, 5.74) is -0.00865. The maximum Gasteiger partial charge on any atom is 0.271 e. The number of carbonyl (C=O) groups excluding carboxylic acids is 1. The highest BCUT2D eigenvalue weighted by molar-refractivity contribution is 9.10. The van der Waals surface area contributed by atoms with Crippen LogP contribution in [0.15, 0.2) is 28.9 Å². The molecule has 0 fully saturated rings. The lowest BCUT2D eigenvalue weighted by molar-refractivity contribution is 0.0939. The fraction of sp³-hybridized carbons (Fsp3) is 0.0833. The number of aromatic nitrogens is 2. The highest BCUT2D eigenvalue weighted by atomic mass is 79.9. The summed E-state index contributed by atoms with van der Waals surface area (Å²) in [5, 5.41) is 17.4. The fourth-order valence-corrected chi connectivity index (χ4v) is 1.92.